The number of esters is 1. The number of nitrogens with one attached hydrogen (secondary N) is 3. The van der Waals surface area contributed by atoms with Crippen LogP contribution in [0.4, 0.5) is 10.5 Å². The third-order valence-corrected chi connectivity index (χ3v) is 10.8. The average molecular weight is 741 g/mol. The molecule has 3 aromatic carbocycles. The van der Waals surface area contributed by atoms with E-state index in [4.69, 9.17) is 14.2 Å². The molecule has 3 fully saturated rings. The van der Waals surface area contributed by atoms with Gasteiger partial charge in [-0.2, -0.15) is 0 Å². The molecule has 11 nitrogen and oxygen atoms in total. The zero-order chi connectivity index (χ0) is 38.2. The third-order valence-electron chi connectivity index (χ3n) is 10.8. The molecule has 54 heavy (non-hydrogen) atoms. The van der Waals surface area contributed by atoms with Crippen molar-refractivity contribution in [3.05, 3.63) is 101 Å². The number of urea groups is 1. The van der Waals surface area contributed by atoms with Gasteiger partial charge < -0.3 is 35.3 Å². The number of hydrogen-bond acceptors (Lipinski definition) is 8. The molecule has 2 heterocycles. The molecule has 7 atom stereocenters. The number of ether oxygens (including phenoxy) is 3. The number of likely N-dealkylation sites (tertiary alicyclic amines) is 1. The van der Waals surface area contributed by atoms with Crippen LogP contribution in [0.2, 0.25) is 0 Å². The van der Waals surface area contributed by atoms with Crippen molar-refractivity contribution in [1.29, 1.82) is 0 Å². The van der Waals surface area contributed by atoms with E-state index in [1.807, 2.05) is 93.6 Å². The van der Waals surface area contributed by atoms with Gasteiger partial charge in [-0.05, 0) is 81.2 Å². The van der Waals surface area contributed by atoms with Gasteiger partial charge in [0.2, 0.25) is 5.91 Å². The molecule has 4 N–H and O–H groups in total. The number of rotatable bonds is 11. The maximum absolute atomic E-state index is 13.8. The predicted molar refractivity (Wildman–Crippen MR) is 206 cm³/mol. The summed E-state index contributed by atoms with van der Waals surface area (Å²) in [5.74, 6) is 0.0963. The zero-order valence-corrected chi connectivity index (χ0v) is 32.0. The van der Waals surface area contributed by atoms with Gasteiger partial charge in [0.25, 0.3) is 0 Å². The van der Waals surface area contributed by atoms with E-state index in [1.54, 1.807) is 6.07 Å². The number of methoxy groups -OCH3 is 1. The molecule has 0 bridgehead atoms. The second-order valence-corrected chi connectivity index (χ2v) is 16.0. The maximum Gasteiger partial charge on any atom is 0.328 e. The number of benzene rings is 3. The Morgan fingerprint density at radius 1 is 0.889 bits per heavy atom. The molecule has 290 valence electrons. The van der Waals surface area contributed by atoms with E-state index < -0.39 is 24.3 Å². The standard InChI is InChI=1S/C43H56N4O7/c1-43(2,3)46-39(49)37-22-21-30-13-8-9-16-36(30)47(37)26-34-25-38(31-19-17-29(27-48)18-20-31)54-41(53-34)32-14-10-15-33(24-32)44-42(51)45-35(40(50)52-4)23-28-11-6-5-7-12-28/h5-7,10-12,14-15,17-20,24,30,34-38,41,48H,8-9,13,16,21-23,25-27H2,1-4H3,(H,46,49)(H2,44,45,51)/t30-,34+,35+,36-,37-,38-,41-/m1/s1. The lowest BCUT2D eigenvalue weighted by Crippen LogP contribution is -2.61. The highest BCUT2D eigenvalue weighted by Gasteiger charge is 2.44. The van der Waals surface area contributed by atoms with E-state index >= 15 is 0 Å². The lowest BCUT2D eigenvalue weighted by molar-refractivity contribution is -0.255. The van der Waals surface area contributed by atoms with Crippen LogP contribution in [-0.4, -0.2) is 71.3 Å². The monoisotopic (exact) mass is 740 g/mol. The number of carbonyl (C=O) groups is 3. The summed E-state index contributed by atoms with van der Waals surface area (Å²) >= 11 is 0. The Hall–Kier alpha value is -4.29. The molecule has 0 unspecified atom stereocenters. The number of fused-ring (bicyclic) bond motifs is 1. The van der Waals surface area contributed by atoms with E-state index in [2.05, 4.69) is 20.9 Å². The Morgan fingerprint density at radius 2 is 1.65 bits per heavy atom. The van der Waals surface area contributed by atoms with Crippen LogP contribution in [0.5, 0.6) is 0 Å². The Kier molecular flexibility index (Phi) is 13.1. The Balaban J connectivity index is 1.22. The number of piperidine rings is 1. The van der Waals surface area contributed by atoms with E-state index in [-0.39, 0.29) is 42.7 Å². The van der Waals surface area contributed by atoms with Crippen molar-refractivity contribution in [3.8, 4) is 0 Å². The molecule has 2 aliphatic heterocycles. The lowest BCUT2D eigenvalue weighted by Gasteiger charge is -2.50. The van der Waals surface area contributed by atoms with Crippen LogP contribution in [-0.2, 0) is 36.8 Å². The van der Waals surface area contributed by atoms with Gasteiger partial charge in [0, 0.05) is 42.2 Å². The van der Waals surface area contributed by atoms with Crippen LogP contribution in [0.25, 0.3) is 0 Å². The number of carbonyl (C=O) groups excluding carboxylic acids is 3. The van der Waals surface area contributed by atoms with E-state index in [0.717, 1.165) is 47.9 Å². The predicted octanol–water partition coefficient (Wildman–Crippen LogP) is 6.57. The van der Waals surface area contributed by atoms with Gasteiger partial charge >= 0.3 is 12.0 Å². The van der Waals surface area contributed by atoms with Crippen molar-refractivity contribution < 1.29 is 33.7 Å². The van der Waals surface area contributed by atoms with E-state index in [9.17, 15) is 19.5 Å². The summed E-state index contributed by atoms with van der Waals surface area (Å²) in [6.45, 7) is 6.61. The largest absolute Gasteiger partial charge is 0.467 e. The van der Waals surface area contributed by atoms with Gasteiger partial charge in [-0.3, -0.25) is 9.69 Å². The summed E-state index contributed by atoms with van der Waals surface area (Å²) in [4.78, 5) is 42.0. The summed E-state index contributed by atoms with van der Waals surface area (Å²) in [5.41, 5.74) is 3.57. The van der Waals surface area contributed by atoms with Crippen LogP contribution < -0.4 is 16.0 Å². The Morgan fingerprint density at radius 3 is 2.37 bits per heavy atom. The smallest absolute Gasteiger partial charge is 0.328 e. The zero-order valence-electron chi connectivity index (χ0n) is 32.0. The summed E-state index contributed by atoms with van der Waals surface area (Å²) in [6, 6.07) is 23.2. The minimum atomic E-state index is -0.878. The second-order valence-electron chi connectivity index (χ2n) is 16.0. The quantitative estimate of drug-likeness (QED) is 0.162. The molecule has 3 aliphatic rings. The first-order chi connectivity index (χ1) is 26.0. The Bertz CT molecular complexity index is 1710. The fourth-order valence-electron chi connectivity index (χ4n) is 8.27. The third kappa shape index (κ3) is 10.3. The SMILES string of the molecule is COC(=O)[C@H](Cc1ccccc1)NC(=O)Nc1cccc([C@@H]2O[C@H](CN3[C@@H](C(=O)NC(C)(C)C)CC[C@H]4CCCC[C@H]43)C[C@H](c3ccc(CO)cc3)O2)c1. The summed E-state index contributed by atoms with van der Waals surface area (Å²) in [6.07, 6.45) is 6.07. The molecular weight excluding hydrogens is 684 g/mol. The van der Waals surface area contributed by atoms with Gasteiger partial charge in [0.15, 0.2) is 6.29 Å². The normalized spacial score (nSPS) is 25.1. The van der Waals surface area contributed by atoms with Crippen molar-refractivity contribution in [2.75, 3.05) is 19.0 Å². The van der Waals surface area contributed by atoms with E-state index in [1.165, 1.54) is 20.0 Å². The number of amides is 3. The van der Waals surface area contributed by atoms with E-state index in [0.29, 0.717) is 30.6 Å². The number of aliphatic hydroxyl groups excluding tert-OH is 1. The maximum atomic E-state index is 13.8. The summed E-state index contributed by atoms with van der Waals surface area (Å²) < 4.78 is 18.4. The molecule has 0 aromatic heterocycles. The number of nitrogens with zero attached hydrogens (tertiary/aromatic N) is 1. The van der Waals surface area contributed by atoms with Crippen LogP contribution in [0.15, 0.2) is 78.9 Å². The highest BCUT2D eigenvalue weighted by molar-refractivity contribution is 5.92. The highest BCUT2D eigenvalue weighted by Crippen LogP contribution is 2.42. The molecular formula is C43H56N4O7. The van der Waals surface area contributed by atoms with Crippen LogP contribution in [0.3, 0.4) is 0 Å². The van der Waals surface area contributed by atoms with Gasteiger partial charge in [-0.15, -0.1) is 0 Å². The first-order valence-corrected chi connectivity index (χ1v) is 19.4. The van der Waals surface area contributed by atoms with Crippen molar-refractivity contribution in [1.82, 2.24) is 15.5 Å². The number of hydrogen-bond donors (Lipinski definition) is 4. The van der Waals surface area contributed by atoms with Crippen LogP contribution >= 0.6 is 0 Å². The molecule has 0 radical (unpaired) electrons. The van der Waals surface area contributed by atoms with Crippen LogP contribution in [0.1, 0.15) is 100 Å². The molecule has 1 saturated carbocycles. The fourth-order valence-corrected chi connectivity index (χ4v) is 8.27. The first kappa shape index (κ1) is 39.4. The van der Waals surface area contributed by atoms with Crippen molar-refractivity contribution in [3.63, 3.8) is 0 Å². The van der Waals surface area contributed by atoms with Gasteiger partial charge in [-0.1, -0.05) is 79.6 Å². The highest BCUT2D eigenvalue weighted by atomic mass is 16.7. The van der Waals surface area contributed by atoms with Crippen molar-refractivity contribution in [2.24, 2.45) is 5.92 Å². The van der Waals surface area contributed by atoms with Crippen molar-refractivity contribution >= 4 is 23.6 Å². The molecule has 1 aliphatic carbocycles. The summed E-state index contributed by atoms with van der Waals surface area (Å²) in [5, 5.41) is 18.6. The average Bonchev–Trinajstić information content (AvgIpc) is 3.17. The molecule has 3 aromatic rings. The topological polar surface area (TPSA) is 138 Å². The summed E-state index contributed by atoms with van der Waals surface area (Å²) in [7, 11) is 1.30. The molecule has 2 saturated heterocycles. The fraction of sp³-hybridized carbons (Fsp3) is 0.512. The number of aliphatic hydroxyl groups is 1. The molecule has 11 heteroatoms. The molecule has 3 amide bonds. The lowest BCUT2D eigenvalue weighted by atomic mass is 9.75. The molecule has 0 spiro atoms. The minimum absolute atomic E-state index is 0.0459. The van der Waals surface area contributed by atoms with Crippen molar-refractivity contribution in [2.45, 2.75) is 121 Å². The van der Waals surface area contributed by atoms with Gasteiger partial charge in [0.05, 0.1) is 32.0 Å². The van der Waals surface area contributed by atoms with Crippen LogP contribution in [0, 0.1) is 5.92 Å². The van der Waals surface area contributed by atoms with Gasteiger partial charge in [0.1, 0.15) is 6.04 Å². The number of anilines is 1. The first-order valence-electron chi connectivity index (χ1n) is 19.4. The molecule has 6 rings (SSSR count). The second kappa shape index (κ2) is 17.9. The minimum Gasteiger partial charge on any atom is -0.467 e. The Labute approximate surface area is 319 Å². The van der Waals surface area contributed by atoms with Gasteiger partial charge in [-0.25, -0.2) is 9.59 Å².